The zero-order valence-electron chi connectivity index (χ0n) is 11.0. The van der Waals surface area contributed by atoms with E-state index in [0.29, 0.717) is 0 Å². The fraction of sp³-hybridized carbons (Fsp3) is 0.429. The number of hydrogen-bond acceptors (Lipinski definition) is 1. The molecule has 0 saturated carbocycles. The van der Waals surface area contributed by atoms with E-state index in [-0.39, 0.29) is 0 Å². The van der Waals surface area contributed by atoms with Crippen LogP contribution in [0.4, 0.5) is 0 Å². The summed E-state index contributed by atoms with van der Waals surface area (Å²) >= 11 is 0. The lowest BCUT2D eigenvalue weighted by molar-refractivity contribution is 0.505. The van der Waals surface area contributed by atoms with Crippen molar-refractivity contribution in [2.24, 2.45) is 0 Å². The number of allylic oxidation sites excluding steroid dienone is 1. The van der Waals surface area contributed by atoms with Crippen LogP contribution in [-0.2, 0) is 0 Å². The number of hydrogen-bond donors (Lipinski definition) is 0. The molecule has 0 unspecified atom stereocenters. The zero-order valence-corrected chi connectivity index (χ0v) is 11.0. The first-order valence-corrected chi connectivity index (χ1v) is 5.36. The highest BCUT2D eigenvalue weighted by molar-refractivity contribution is 5.60. The van der Waals surface area contributed by atoms with E-state index in [9.17, 15) is 0 Å². The number of benzene rings is 1. The monoisotopic (exact) mass is 207 g/mol. The molecule has 0 fully saturated rings. The first-order valence-electron chi connectivity index (χ1n) is 5.36. The molecule has 0 amide bonds. The molecule has 0 aliphatic rings. The molecule has 1 aromatic rings. The lowest BCUT2D eigenvalue weighted by Crippen LogP contribution is -1.99. The molecule has 0 heterocycles. The van der Waals surface area contributed by atoms with Gasteiger partial charge in [0.1, 0.15) is 0 Å². The summed E-state index contributed by atoms with van der Waals surface area (Å²) in [5.41, 5.74) is 2.34. The summed E-state index contributed by atoms with van der Waals surface area (Å²) in [7, 11) is 6.00. The first kappa shape index (κ1) is 16.4. The molecule has 0 radical (unpaired) electrons. The summed E-state index contributed by atoms with van der Waals surface area (Å²) in [6.45, 7) is 9.83. The molecule has 15 heavy (non-hydrogen) atoms. The van der Waals surface area contributed by atoms with Gasteiger partial charge in [0.25, 0.3) is 0 Å². The van der Waals surface area contributed by atoms with E-state index in [1.54, 1.807) is 0 Å². The third-order valence-corrected chi connectivity index (χ3v) is 1.27. The highest BCUT2D eigenvalue weighted by Gasteiger charge is 1.86. The Morgan fingerprint density at radius 2 is 1.33 bits per heavy atom. The van der Waals surface area contributed by atoms with Crippen LogP contribution >= 0.6 is 0 Å². The Morgan fingerprint density at radius 1 is 1.00 bits per heavy atom. The van der Waals surface area contributed by atoms with Crippen molar-refractivity contribution >= 4 is 5.57 Å². The predicted octanol–water partition coefficient (Wildman–Crippen LogP) is 3.92. The second-order valence-corrected chi connectivity index (χ2v) is 3.49. The molecule has 86 valence electrons. The van der Waals surface area contributed by atoms with Crippen LogP contribution in [0.15, 0.2) is 36.9 Å². The maximum atomic E-state index is 3.83. The molecule has 0 aliphatic heterocycles. The Kier molecular flexibility index (Phi) is 12.0. The van der Waals surface area contributed by atoms with E-state index >= 15 is 0 Å². The van der Waals surface area contributed by atoms with Crippen molar-refractivity contribution in [2.75, 3.05) is 21.1 Å². The van der Waals surface area contributed by atoms with Crippen LogP contribution in [-0.4, -0.2) is 26.0 Å². The van der Waals surface area contributed by atoms with Crippen LogP contribution < -0.4 is 0 Å². The minimum absolute atomic E-state index is 1.12. The summed E-state index contributed by atoms with van der Waals surface area (Å²) in [5, 5.41) is 0. The van der Waals surface area contributed by atoms with E-state index in [4.69, 9.17) is 0 Å². The van der Waals surface area contributed by atoms with E-state index in [1.807, 2.05) is 65.0 Å². The molecule has 0 atom stereocenters. The van der Waals surface area contributed by atoms with Gasteiger partial charge in [-0.2, -0.15) is 0 Å². The minimum Gasteiger partial charge on any atom is -0.312 e. The van der Waals surface area contributed by atoms with Crippen LogP contribution in [0.2, 0.25) is 0 Å². The van der Waals surface area contributed by atoms with E-state index in [0.717, 1.165) is 5.57 Å². The summed E-state index contributed by atoms with van der Waals surface area (Å²) in [5.74, 6) is 0. The maximum absolute atomic E-state index is 3.83. The highest BCUT2D eigenvalue weighted by Crippen LogP contribution is 2.08. The molecule has 0 saturated heterocycles. The van der Waals surface area contributed by atoms with Gasteiger partial charge in [-0.25, -0.2) is 0 Å². The van der Waals surface area contributed by atoms with Crippen molar-refractivity contribution in [3.05, 3.63) is 42.5 Å². The van der Waals surface area contributed by atoms with Crippen molar-refractivity contribution in [3.63, 3.8) is 0 Å². The molecule has 0 N–H and O–H groups in total. The number of nitrogens with zero attached hydrogens (tertiary/aromatic N) is 1. The lowest BCUT2D eigenvalue weighted by Gasteiger charge is -1.94. The second kappa shape index (κ2) is 11.0. The van der Waals surface area contributed by atoms with Gasteiger partial charge in [-0.05, 0) is 33.6 Å². The van der Waals surface area contributed by atoms with Crippen molar-refractivity contribution in [1.82, 2.24) is 4.90 Å². The summed E-state index contributed by atoms with van der Waals surface area (Å²) in [6.07, 6.45) is 0. The number of rotatable bonds is 1. The Bertz CT molecular complexity index is 234. The van der Waals surface area contributed by atoms with Gasteiger partial charge < -0.3 is 4.90 Å². The quantitative estimate of drug-likeness (QED) is 0.674. The first-order chi connectivity index (χ1) is 7.04. The fourth-order valence-corrected chi connectivity index (χ4v) is 0.723. The minimum atomic E-state index is 1.12. The van der Waals surface area contributed by atoms with Gasteiger partial charge in [0.2, 0.25) is 0 Å². The standard InChI is InChI=1S/C9H10.C3H9N.C2H6/c1-8(2)9-6-4-3-5-7-9;1-4(2)3;1-2/h3-7H,1H2,2H3;1-3H3;1-2H3. The average molecular weight is 207 g/mol. The maximum Gasteiger partial charge on any atom is -0.0140 e. The SMILES string of the molecule is C=C(C)c1ccccc1.CC.CN(C)C. The largest absolute Gasteiger partial charge is 0.312 e. The summed E-state index contributed by atoms with van der Waals surface area (Å²) in [4.78, 5) is 2.00. The van der Waals surface area contributed by atoms with E-state index in [2.05, 4.69) is 18.7 Å². The highest BCUT2D eigenvalue weighted by atomic mass is 15.0. The molecule has 0 aromatic heterocycles. The molecule has 0 spiro atoms. The Labute approximate surface area is 95.4 Å². The molecule has 1 aromatic carbocycles. The van der Waals surface area contributed by atoms with Crippen molar-refractivity contribution < 1.29 is 0 Å². The van der Waals surface area contributed by atoms with E-state index < -0.39 is 0 Å². The van der Waals surface area contributed by atoms with Crippen LogP contribution in [0.5, 0.6) is 0 Å². The van der Waals surface area contributed by atoms with Crippen LogP contribution in [0, 0.1) is 0 Å². The van der Waals surface area contributed by atoms with Crippen LogP contribution in [0.1, 0.15) is 26.3 Å². The molecule has 1 nitrogen and oxygen atoms in total. The van der Waals surface area contributed by atoms with Crippen LogP contribution in [0.25, 0.3) is 5.57 Å². The topological polar surface area (TPSA) is 3.24 Å². The molecular weight excluding hydrogens is 182 g/mol. The van der Waals surface area contributed by atoms with Gasteiger partial charge in [0.05, 0.1) is 0 Å². The van der Waals surface area contributed by atoms with Gasteiger partial charge in [-0.3, -0.25) is 0 Å². The molecule has 1 rings (SSSR count). The third kappa shape index (κ3) is 12.9. The van der Waals surface area contributed by atoms with Gasteiger partial charge in [-0.1, -0.05) is 56.3 Å². The van der Waals surface area contributed by atoms with E-state index in [1.165, 1.54) is 5.56 Å². The van der Waals surface area contributed by atoms with Crippen molar-refractivity contribution in [1.29, 1.82) is 0 Å². The van der Waals surface area contributed by atoms with Gasteiger partial charge in [0.15, 0.2) is 0 Å². The van der Waals surface area contributed by atoms with Gasteiger partial charge in [-0.15, -0.1) is 0 Å². The molecular formula is C14H25N. The summed E-state index contributed by atoms with van der Waals surface area (Å²) in [6, 6.07) is 10.2. The molecule has 1 heteroatoms. The Balaban J connectivity index is 0. The second-order valence-electron chi connectivity index (χ2n) is 3.49. The fourth-order valence-electron chi connectivity index (χ4n) is 0.723. The van der Waals surface area contributed by atoms with Gasteiger partial charge in [0, 0.05) is 0 Å². The Hall–Kier alpha value is -1.08. The Morgan fingerprint density at radius 3 is 1.53 bits per heavy atom. The predicted molar refractivity (Wildman–Crippen MR) is 72.1 cm³/mol. The summed E-state index contributed by atoms with van der Waals surface area (Å²) < 4.78 is 0. The lowest BCUT2D eigenvalue weighted by atomic mass is 10.1. The van der Waals surface area contributed by atoms with Gasteiger partial charge >= 0.3 is 0 Å². The average Bonchev–Trinajstić information content (AvgIpc) is 2.21. The van der Waals surface area contributed by atoms with Crippen molar-refractivity contribution in [2.45, 2.75) is 20.8 Å². The third-order valence-electron chi connectivity index (χ3n) is 1.27. The zero-order chi connectivity index (χ0) is 12.3. The van der Waals surface area contributed by atoms with Crippen molar-refractivity contribution in [3.8, 4) is 0 Å². The molecule has 0 bridgehead atoms. The smallest absolute Gasteiger partial charge is 0.0140 e. The normalized spacial score (nSPS) is 8.20. The van der Waals surface area contributed by atoms with Crippen LogP contribution in [0.3, 0.4) is 0 Å². The molecule has 0 aliphatic carbocycles.